The van der Waals surface area contributed by atoms with E-state index in [9.17, 15) is 4.79 Å². The van der Waals surface area contributed by atoms with E-state index in [-0.39, 0.29) is 5.91 Å². The fraction of sp³-hybridized carbons (Fsp3) is 0.200. The van der Waals surface area contributed by atoms with Crippen molar-refractivity contribution in [2.75, 3.05) is 5.32 Å². The quantitative estimate of drug-likeness (QED) is 0.545. The van der Waals surface area contributed by atoms with Crippen molar-refractivity contribution < 1.29 is 4.79 Å². The van der Waals surface area contributed by atoms with Crippen molar-refractivity contribution in [2.24, 2.45) is 0 Å². The van der Waals surface area contributed by atoms with Crippen LogP contribution in [0, 0.1) is 0 Å². The first-order valence-electron chi connectivity index (χ1n) is 8.28. The Labute approximate surface area is 156 Å². The predicted molar refractivity (Wildman–Crippen MR) is 107 cm³/mol. The molecule has 1 aromatic heterocycles. The van der Waals surface area contributed by atoms with Crippen molar-refractivity contribution in [2.45, 2.75) is 26.2 Å². The molecular formula is C20H19ClN2OS. The van der Waals surface area contributed by atoms with Crippen molar-refractivity contribution in [3.63, 3.8) is 0 Å². The molecule has 3 nitrogen and oxygen atoms in total. The van der Waals surface area contributed by atoms with E-state index >= 15 is 0 Å². The molecule has 3 rings (SSSR count). The van der Waals surface area contributed by atoms with Crippen LogP contribution in [-0.4, -0.2) is 10.9 Å². The van der Waals surface area contributed by atoms with Gasteiger partial charge in [-0.15, -0.1) is 0 Å². The van der Waals surface area contributed by atoms with Gasteiger partial charge >= 0.3 is 0 Å². The lowest BCUT2D eigenvalue weighted by molar-refractivity contribution is -0.111. The number of carbonyl (C=O) groups excluding carboxylic acids is 1. The second-order valence-corrected chi connectivity index (χ2v) is 7.27. The number of anilines is 1. The topological polar surface area (TPSA) is 42.0 Å². The maximum atomic E-state index is 12.1. The Morgan fingerprint density at radius 2 is 2.04 bits per heavy atom. The van der Waals surface area contributed by atoms with Crippen LogP contribution >= 0.6 is 22.9 Å². The first kappa shape index (κ1) is 17.6. The summed E-state index contributed by atoms with van der Waals surface area (Å²) in [7, 11) is 0. The van der Waals surface area contributed by atoms with Crippen molar-refractivity contribution in [1.29, 1.82) is 0 Å². The van der Waals surface area contributed by atoms with Gasteiger partial charge in [-0.25, -0.2) is 4.98 Å². The molecule has 1 N–H and O–H groups in total. The van der Waals surface area contributed by atoms with Gasteiger partial charge in [0.15, 0.2) is 5.13 Å². The summed E-state index contributed by atoms with van der Waals surface area (Å²) in [5, 5.41) is 4.13. The van der Waals surface area contributed by atoms with Crippen LogP contribution in [0.2, 0.25) is 5.02 Å². The number of benzene rings is 2. The van der Waals surface area contributed by atoms with Gasteiger partial charge in [-0.3, -0.25) is 10.1 Å². The highest BCUT2D eigenvalue weighted by Gasteiger charge is 2.07. The molecule has 1 amide bonds. The van der Waals surface area contributed by atoms with Crippen LogP contribution in [0.5, 0.6) is 0 Å². The number of nitrogens with one attached hydrogen (secondary N) is 1. The Bertz CT molecular complexity index is 900. The fourth-order valence-corrected chi connectivity index (χ4v) is 3.51. The van der Waals surface area contributed by atoms with Crippen LogP contribution in [0.25, 0.3) is 16.3 Å². The third-order valence-electron chi connectivity index (χ3n) is 3.80. The van der Waals surface area contributed by atoms with Gasteiger partial charge in [-0.2, -0.15) is 0 Å². The zero-order valence-electron chi connectivity index (χ0n) is 14.0. The summed E-state index contributed by atoms with van der Waals surface area (Å²) in [6.45, 7) is 2.19. The summed E-state index contributed by atoms with van der Waals surface area (Å²) in [5.41, 5.74) is 3.16. The van der Waals surface area contributed by atoms with Crippen LogP contribution < -0.4 is 5.32 Å². The van der Waals surface area contributed by atoms with Crippen molar-refractivity contribution in [3.05, 3.63) is 64.7 Å². The Morgan fingerprint density at radius 3 is 2.80 bits per heavy atom. The van der Waals surface area contributed by atoms with Gasteiger partial charge < -0.3 is 0 Å². The summed E-state index contributed by atoms with van der Waals surface area (Å²) in [6.07, 6.45) is 6.70. The average molecular weight is 371 g/mol. The molecule has 0 aliphatic carbocycles. The number of unbranched alkanes of at least 4 members (excludes halogenated alkanes) is 1. The Balaban J connectivity index is 1.67. The maximum Gasteiger partial charge on any atom is 0.250 e. The minimum atomic E-state index is -0.194. The van der Waals surface area contributed by atoms with E-state index in [0.717, 1.165) is 22.2 Å². The smallest absolute Gasteiger partial charge is 0.250 e. The van der Waals surface area contributed by atoms with E-state index in [4.69, 9.17) is 11.6 Å². The molecule has 0 saturated carbocycles. The minimum Gasteiger partial charge on any atom is -0.298 e. The number of carbonyl (C=O) groups is 1. The highest BCUT2D eigenvalue weighted by Crippen LogP contribution is 2.27. The van der Waals surface area contributed by atoms with Gasteiger partial charge in [0.25, 0.3) is 0 Å². The molecule has 1 heterocycles. The molecule has 0 aliphatic heterocycles. The number of aryl methyl sites for hydroxylation is 1. The van der Waals surface area contributed by atoms with E-state index in [1.54, 1.807) is 18.2 Å². The lowest BCUT2D eigenvalue weighted by atomic mass is 10.1. The third kappa shape index (κ3) is 4.91. The summed E-state index contributed by atoms with van der Waals surface area (Å²) in [6, 6.07) is 13.6. The summed E-state index contributed by atoms with van der Waals surface area (Å²) in [5.74, 6) is -0.194. The van der Waals surface area contributed by atoms with Gasteiger partial charge in [0.1, 0.15) is 0 Å². The number of amides is 1. The fourth-order valence-electron chi connectivity index (χ4n) is 2.45. The molecule has 2 aromatic carbocycles. The predicted octanol–water partition coefficient (Wildman–Crippen LogP) is 5.94. The summed E-state index contributed by atoms with van der Waals surface area (Å²) < 4.78 is 1.10. The number of hydrogen-bond donors (Lipinski definition) is 1. The molecule has 0 aliphatic rings. The number of thiazole rings is 1. The third-order valence-corrected chi connectivity index (χ3v) is 4.98. The highest BCUT2D eigenvalue weighted by molar-refractivity contribution is 7.22. The summed E-state index contributed by atoms with van der Waals surface area (Å²) >= 11 is 7.35. The standard InChI is InChI=1S/C20H19ClN2OS/c1-2-3-4-15-7-11-17-18(13-15)25-20(22-17)23-19(24)12-8-14-5-9-16(21)10-6-14/h5-13H,2-4H2,1H3,(H,22,23,24). The largest absolute Gasteiger partial charge is 0.298 e. The van der Waals surface area contributed by atoms with Crippen LogP contribution in [0.15, 0.2) is 48.5 Å². The average Bonchev–Trinajstić information content (AvgIpc) is 3.00. The number of aromatic nitrogens is 1. The van der Waals surface area contributed by atoms with Gasteiger partial charge in [0.2, 0.25) is 5.91 Å². The Morgan fingerprint density at radius 1 is 1.24 bits per heavy atom. The SMILES string of the molecule is CCCCc1ccc2nc(NC(=O)C=Cc3ccc(Cl)cc3)sc2c1. The molecule has 0 bridgehead atoms. The van der Waals surface area contributed by atoms with E-state index < -0.39 is 0 Å². The molecule has 0 fully saturated rings. The van der Waals surface area contributed by atoms with E-state index in [0.29, 0.717) is 10.2 Å². The van der Waals surface area contributed by atoms with Crippen LogP contribution in [0.4, 0.5) is 5.13 Å². The first-order chi connectivity index (χ1) is 12.1. The normalized spacial score (nSPS) is 11.3. The number of nitrogens with zero attached hydrogens (tertiary/aromatic N) is 1. The Hall–Kier alpha value is -2.17. The Kier molecular flexibility index (Phi) is 5.84. The molecule has 0 spiro atoms. The highest BCUT2D eigenvalue weighted by atomic mass is 35.5. The van der Waals surface area contributed by atoms with Crippen LogP contribution in [-0.2, 0) is 11.2 Å². The monoisotopic (exact) mass is 370 g/mol. The molecule has 25 heavy (non-hydrogen) atoms. The molecule has 128 valence electrons. The van der Waals surface area contributed by atoms with Crippen molar-refractivity contribution in [3.8, 4) is 0 Å². The number of hydrogen-bond acceptors (Lipinski definition) is 3. The number of fused-ring (bicyclic) bond motifs is 1. The second-order valence-electron chi connectivity index (χ2n) is 5.80. The second kappa shape index (κ2) is 8.28. The maximum absolute atomic E-state index is 12.1. The first-order valence-corrected chi connectivity index (χ1v) is 9.47. The van der Waals surface area contributed by atoms with Crippen molar-refractivity contribution >= 4 is 50.3 Å². The molecule has 0 radical (unpaired) electrons. The van der Waals surface area contributed by atoms with Crippen LogP contribution in [0.3, 0.4) is 0 Å². The number of rotatable bonds is 6. The zero-order chi connectivity index (χ0) is 17.6. The molecule has 5 heteroatoms. The minimum absolute atomic E-state index is 0.194. The van der Waals surface area contributed by atoms with Crippen LogP contribution in [0.1, 0.15) is 30.9 Å². The molecular weight excluding hydrogens is 352 g/mol. The van der Waals surface area contributed by atoms with Gasteiger partial charge in [-0.05, 0) is 54.3 Å². The van der Waals surface area contributed by atoms with E-state index in [1.807, 2.05) is 18.2 Å². The molecule has 0 unspecified atom stereocenters. The summed E-state index contributed by atoms with van der Waals surface area (Å²) in [4.78, 5) is 16.6. The van der Waals surface area contributed by atoms with Gasteiger partial charge in [0.05, 0.1) is 10.2 Å². The molecule has 0 saturated heterocycles. The van der Waals surface area contributed by atoms with Gasteiger partial charge in [0, 0.05) is 11.1 Å². The lowest BCUT2D eigenvalue weighted by Gasteiger charge is -1.98. The van der Waals surface area contributed by atoms with Gasteiger partial charge in [-0.1, -0.05) is 54.5 Å². The van der Waals surface area contributed by atoms with E-state index in [1.165, 1.54) is 35.8 Å². The molecule has 0 atom stereocenters. The molecule has 3 aromatic rings. The van der Waals surface area contributed by atoms with Crippen molar-refractivity contribution in [1.82, 2.24) is 4.98 Å². The van der Waals surface area contributed by atoms with E-state index in [2.05, 4.69) is 29.4 Å². The zero-order valence-corrected chi connectivity index (χ0v) is 15.5. The number of halogens is 1. The lowest BCUT2D eigenvalue weighted by Crippen LogP contribution is -2.07.